The molecule has 3 rings (SSSR count). The van der Waals surface area contributed by atoms with Crippen LogP contribution < -0.4 is 5.32 Å². The van der Waals surface area contributed by atoms with E-state index in [4.69, 9.17) is 0 Å². The Morgan fingerprint density at radius 2 is 1.60 bits per heavy atom. The summed E-state index contributed by atoms with van der Waals surface area (Å²) in [5, 5.41) is 13.5. The zero-order valence-electron chi connectivity index (χ0n) is 18.5. The van der Waals surface area contributed by atoms with E-state index in [9.17, 15) is 9.90 Å². The largest absolute Gasteiger partial charge is 0.387 e. The molecule has 2 aromatic rings. The first-order valence-electron chi connectivity index (χ1n) is 10.9. The van der Waals surface area contributed by atoms with Crippen LogP contribution in [0.15, 0.2) is 42.5 Å². The molecule has 0 saturated carbocycles. The van der Waals surface area contributed by atoms with Gasteiger partial charge in [0.1, 0.15) is 0 Å². The summed E-state index contributed by atoms with van der Waals surface area (Å²) in [7, 11) is 0. The number of nitrogens with one attached hydrogen (secondary N) is 1. The van der Waals surface area contributed by atoms with E-state index in [1.54, 1.807) is 0 Å². The van der Waals surface area contributed by atoms with Gasteiger partial charge in [0.05, 0.1) is 12.6 Å². The van der Waals surface area contributed by atoms with Crippen molar-refractivity contribution in [3.63, 3.8) is 0 Å². The van der Waals surface area contributed by atoms with Gasteiger partial charge in [-0.3, -0.25) is 14.6 Å². The summed E-state index contributed by atoms with van der Waals surface area (Å²) in [6, 6.07) is 14.2. The third-order valence-electron chi connectivity index (χ3n) is 5.99. The van der Waals surface area contributed by atoms with Crippen molar-refractivity contribution in [1.82, 2.24) is 15.1 Å². The summed E-state index contributed by atoms with van der Waals surface area (Å²) in [5.41, 5.74) is 6.18. The zero-order chi connectivity index (χ0) is 21.5. The molecule has 0 aliphatic carbocycles. The number of carbonyl (C=O) groups is 1. The van der Waals surface area contributed by atoms with E-state index in [0.717, 1.165) is 38.2 Å². The fourth-order valence-corrected chi connectivity index (χ4v) is 4.35. The van der Waals surface area contributed by atoms with Crippen molar-refractivity contribution < 1.29 is 9.90 Å². The summed E-state index contributed by atoms with van der Waals surface area (Å²) >= 11 is 0. The van der Waals surface area contributed by atoms with Crippen molar-refractivity contribution in [1.29, 1.82) is 0 Å². The molecule has 162 valence electrons. The smallest absolute Gasteiger partial charge is 0.234 e. The monoisotopic (exact) mass is 409 g/mol. The number of nitrogens with zero attached hydrogens (tertiary/aromatic N) is 2. The molecule has 0 radical (unpaired) electrons. The molecule has 1 atom stereocenters. The second-order valence-electron chi connectivity index (χ2n) is 8.48. The second-order valence-corrected chi connectivity index (χ2v) is 8.48. The lowest BCUT2D eigenvalue weighted by Crippen LogP contribution is -2.50. The van der Waals surface area contributed by atoms with Crippen molar-refractivity contribution in [2.75, 3.05) is 45.8 Å². The molecule has 1 aliphatic rings. The maximum absolute atomic E-state index is 12.4. The van der Waals surface area contributed by atoms with Crippen LogP contribution in [0.3, 0.4) is 0 Å². The number of carbonyl (C=O) groups excluding carboxylic acids is 1. The lowest BCUT2D eigenvalue weighted by Gasteiger charge is -2.35. The average molecular weight is 410 g/mol. The van der Waals surface area contributed by atoms with Crippen LogP contribution in [0, 0.1) is 20.8 Å². The van der Waals surface area contributed by atoms with Crippen LogP contribution in [0.5, 0.6) is 0 Å². The first kappa shape index (κ1) is 22.5. The van der Waals surface area contributed by atoms with Crippen molar-refractivity contribution in [2.45, 2.75) is 33.3 Å². The van der Waals surface area contributed by atoms with Crippen LogP contribution >= 0.6 is 0 Å². The number of benzene rings is 2. The van der Waals surface area contributed by atoms with Crippen LogP contribution in [-0.4, -0.2) is 66.6 Å². The van der Waals surface area contributed by atoms with Crippen LogP contribution in [0.4, 0.5) is 0 Å². The molecule has 0 aromatic heterocycles. The Morgan fingerprint density at radius 3 is 2.23 bits per heavy atom. The summed E-state index contributed by atoms with van der Waals surface area (Å²) in [4.78, 5) is 16.8. The highest BCUT2D eigenvalue weighted by molar-refractivity contribution is 5.78. The van der Waals surface area contributed by atoms with Gasteiger partial charge in [0, 0.05) is 39.3 Å². The van der Waals surface area contributed by atoms with Gasteiger partial charge in [-0.2, -0.15) is 0 Å². The minimum atomic E-state index is -0.463. The van der Waals surface area contributed by atoms with E-state index in [0.29, 0.717) is 19.6 Å². The molecule has 30 heavy (non-hydrogen) atoms. The molecular weight excluding hydrogens is 374 g/mol. The van der Waals surface area contributed by atoms with Gasteiger partial charge in [0.15, 0.2) is 0 Å². The molecule has 0 bridgehead atoms. The summed E-state index contributed by atoms with van der Waals surface area (Å²) < 4.78 is 0. The quantitative estimate of drug-likeness (QED) is 0.704. The lowest BCUT2D eigenvalue weighted by atomic mass is 9.97. The zero-order valence-corrected chi connectivity index (χ0v) is 18.5. The van der Waals surface area contributed by atoms with Gasteiger partial charge in [0.2, 0.25) is 5.91 Å². The molecule has 5 heteroatoms. The Labute approximate surface area is 180 Å². The number of aliphatic hydroxyl groups is 1. The summed E-state index contributed by atoms with van der Waals surface area (Å²) in [6.07, 6.45) is 0.407. The van der Waals surface area contributed by atoms with Crippen LogP contribution in [0.1, 0.15) is 33.9 Å². The number of rotatable bonds is 8. The molecule has 5 nitrogen and oxygen atoms in total. The molecule has 2 aromatic carbocycles. The standard InChI is InChI=1S/C25H35N3O2/c1-19-15-20(2)23(21(3)16-19)9-10-26-25(30)18-28-13-11-27(12-14-28)17-24(29)22-7-5-4-6-8-22/h4-8,15-16,24,29H,9-14,17-18H2,1-3H3,(H,26,30). The number of hydrogen-bond donors (Lipinski definition) is 2. The fourth-order valence-electron chi connectivity index (χ4n) is 4.35. The van der Waals surface area contributed by atoms with E-state index >= 15 is 0 Å². The topological polar surface area (TPSA) is 55.8 Å². The van der Waals surface area contributed by atoms with Gasteiger partial charge in [-0.15, -0.1) is 0 Å². The Bertz CT molecular complexity index is 807. The molecule has 1 aliphatic heterocycles. The highest BCUT2D eigenvalue weighted by Crippen LogP contribution is 2.17. The van der Waals surface area contributed by atoms with Gasteiger partial charge in [0.25, 0.3) is 0 Å². The minimum Gasteiger partial charge on any atom is -0.387 e. The molecule has 2 N–H and O–H groups in total. The van der Waals surface area contributed by atoms with Crippen LogP contribution in [-0.2, 0) is 11.2 Å². The van der Waals surface area contributed by atoms with Gasteiger partial charge < -0.3 is 10.4 Å². The maximum atomic E-state index is 12.4. The van der Waals surface area contributed by atoms with E-state index in [1.165, 1.54) is 22.3 Å². The normalized spacial score (nSPS) is 16.4. The molecule has 1 heterocycles. The molecule has 0 spiro atoms. The molecule has 1 saturated heterocycles. The SMILES string of the molecule is Cc1cc(C)c(CCNC(=O)CN2CCN(CC(O)c3ccccc3)CC2)c(C)c1. The van der Waals surface area contributed by atoms with Gasteiger partial charge in [-0.05, 0) is 49.4 Å². The van der Waals surface area contributed by atoms with Crippen molar-refractivity contribution in [3.8, 4) is 0 Å². The number of amides is 1. The van der Waals surface area contributed by atoms with Gasteiger partial charge in [-0.25, -0.2) is 0 Å². The van der Waals surface area contributed by atoms with Crippen molar-refractivity contribution in [3.05, 3.63) is 70.3 Å². The second kappa shape index (κ2) is 10.7. The number of hydrogen-bond acceptors (Lipinski definition) is 4. The van der Waals surface area contributed by atoms with Crippen LogP contribution in [0.25, 0.3) is 0 Å². The van der Waals surface area contributed by atoms with E-state index in [1.807, 2.05) is 30.3 Å². The number of piperazine rings is 1. The number of aliphatic hydroxyl groups excluding tert-OH is 1. The van der Waals surface area contributed by atoms with Crippen molar-refractivity contribution in [2.24, 2.45) is 0 Å². The Hall–Kier alpha value is -2.21. The molecule has 1 fully saturated rings. The predicted octanol–water partition coefficient (Wildman–Crippen LogP) is 2.62. The maximum Gasteiger partial charge on any atom is 0.234 e. The van der Waals surface area contributed by atoms with Gasteiger partial charge in [-0.1, -0.05) is 48.0 Å². The third kappa shape index (κ3) is 6.39. The van der Waals surface area contributed by atoms with E-state index in [-0.39, 0.29) is 5.91 Å². The Kier molecular flexibility index (Phi) is 8.02. The summed E-state index contributed by atoms with van der Waals surface area (Å²) in [5.74, 6) is 0.0928. The molecule has 1 amide bonds. The van der Waals surface area contributed by atoms with Crippen LogP contribution in [0.2, 0.25) is 0 Å². The molecular formula is C25H35N3O2. The van der Waals surface area contributed by atoms with E-state index < -0.39 is 6.10 Å². The Balaban J connectivity index is 1.36. The number of aryl methyl sites for hydroxylation is 3. The first-order chi connectivity index (χ1) is 14.4. The minimum absolute atomic E-state index is 0.0928. The predicted molar refractivity (Wildman–Crippen MR) is 122 cm³/mol. The Morgan fingerprint density at radius 1 is 1.00 bits per heavy atom. The highest BCUT2D eigenvalue weighted by atomic mass is 16.3. The van der Waals surface area contributed by atoms with Gasteiger partial charge >= 0.3 is 0 Å². The van der Waals surface area contributed by atoms with E-state index in [2.05, 4.69) is 48.0 Å². The summed E-state index contributed by atoms with van der Waals surface area (Å²) in [6.45, 7) is 11.6. The lowest BCUT2D eigenvalue weighted by molar-refractivity contribution is -0.122. The third-order valence-corrected chi connectivity index (χ3v) is 5.99. The highest BCUT2D eigenvalue weighted by Gasteiger charge is 2.21. The van der Waals surface area contributed by atoms with Crippen molar-refractivity contribution >= 4 is 5.91 Å². The average Bonchev–Trinajstić information content (AvgIpc) is 2.72. The fraction of sp³-hybridized carbons (Fsp3) is 0.480. The first-order valence-corrected chi connectivity index (χ1v) is 10.9. The molecule has 1 unspecified atom stereocenters. The number of β-amino-alcohol motifs (C(OH)–C–C–N with tert-alkyl or cyclic N) is 1.